The second-order valence-electron chi connectivity index (χ2n) is 10.6. The number of aliphatic hydroxyl groups is 1. The van der Waals surface area contributed by atoms with Gasteiger partial charge in [0.15, 0.2) is 0 Å². The van der Waals surface area contributed by atoms with E-state index in [9.17, 15) is 30.1 Å². The van der Waals surface area contributed by atoms with Crippen LogP contribution >= 0.6 is 0 Å². The number of aliphatic imine (C=N–C) groups is 1. The van der Waals surface area contributed by atoms with Crippen molar-refractivity contribution in [2.24, 2.45) is 10.9 Å². The number of ether oxygens (including phenoxy) is 4. The molecule has 3 atom stereocenters. The van der Waals surface area contributed by atoms with Crippen molar-refractivity contribution in [3.63, 3.8) is 0 Å². The molecule has 0 saturated carbocycles. The first kappa shape index (κ1) is 34.7. The normalized spacial score (nSPS) is 16.8. The Bertz CT molecular complexity index is 1450. The number of hydrogen-bond acceptors (Lipinski definition) is 12. The number of rotatable bonds is 16. The van der Waals surface area contributed by atoms with Crippen LogP contribution in [0.15, 0.2) is 64.8 Å². The lowest BCUT2D eigenvalue weighted by molar-refractivity contribution is -0.384. The Morgan fingerprint density at radius 3 is 2.40 bits per heavy atom. The quantitative estimate of drug-likeness (QED) is 0.120. The number of carbonyl (C=O) groups excluding carboxylic acids is 2. The van der Waals surface area contributed by atoms with E-state index in [2.05, 4.69) is 10.3 Å². The maximum Gasteiger partial charge on any atom is 0.336 e. The third-order valence-corrected chi connectivity index (χ3v) is 6.92. The topological polar surface area (TPSA) is 183 Å². The summed E-state index contributed by atoms with van der Waals surface area (Å²) in [5, 5.41) is 34.2. The van der Waals surface area contributed by atoms with Crippen molar-refractivity contribution in [2.75, 3.05) is 33.5 Å². The summed E-state index contributed by atoms with van der Waals surface area (Å²) < 4.78 is 21.8. The predicted octanol–water partition coefficient (Wildman–Crippen LogP) is 3.86. The number of non-ortho nitro benzene ring substituents is 1. The molecule has 240 valence electrons. The van der Waals surface area contributed by atoms with Gasteiger partial charge in [0, 0.05) is 36.3 Å². The highest BCUT2D eigenvalue weighted by Gasteiger charge is 2.44. The summed E-state index contributed by atoms with van der Waals surface area (Å²) in [5.74, 6) is -2.69. The van der Waals surface area contributed by atoms with E-state index >= 15 is 0 Å². The summed E-state index contributed by atoms with van der Waals surface area (Å²) >= 11 is 0. The van der Waals surface area contributed by atoms with E-state index in [1.54, 1.807) is 30.3 Å². The molecule has 13 heteroatoms. The third kappa shape index (κ3) is 9.85. The number of nitro benzene ring substituents is 1. The number of unbranched alkanes of at least 4 members (excludes halogenated alkanes) is 1. The van der Waals surface area contributed by atoms with Gasteiger partial charge in [0.05, 0.1) is 30.8 Å². The number of nitriles is 1. The highest BCUT2D eigenvalue weighted by Crippen LogP contribution is 2.41. The number of methoxy groups -OCH3 is 1. The Balaban J connectivity index is 1.57. The van der Waals surface area contributed by atoms with E-state index in [0.29, 0.717) is 37.5 Å². The minimum Gasteiger partial charge on any atom is -0.494 e. The van der Waals surface area contributed by atoms with Crippen LogP contribution < -0.4 is 14.8 Å². The van der Waals surface area contributed by atoms with Crippen molar-refractivity contribution < 1.29 is 38.6 Å². The van der Waals surface area contributed by atoms with E-state index in [1.165, 1.54) is 25.1 Å². The molecule has 2 aromatic carbocycles. The van der Waals surface area contributed by atoms with Gasteiger partial charge in [-0.1, -0.05) is 26.0 Å². The predicted molar refractivity (Wildman–Crippen MR) is 164 cm³/mol. The molecule has 0 aromatic heterocycles. The van der Waals surface area contributed by atoms with Crippen LogP contribution in [0.2, 0.25) is 0 Å². The number of carbonyl (C=O) groups is 2. The Hall–Kier alpha value is -4.80. The van der Waals surface area contributed by atoms with Gasteiger partial charge in [0.2, 0.25) is 0 Å². The maximum atomic E-state index is 13.3. The van der Waals surface area contributed by atoms with Gasteiger partial charge in [0.1, 0.15) is 41.9 Å². The fraction of sp³-hybridized carbons (Fsp3) is 0.438. The van der Waals surface area contributed by atoms with Crippen molar-refractivity contribution in [3.8, 4) is 17.6 Å². The average Bonchev–Trinajstić information content (AvgIpc) is 3.03. The summed E-state index contributed by atoms with van der Waals surface area (Å²) in [6.45, 7) is 6.51. The Morgan fingerprint density at radius 2 is 1.78 bits per heavy atom. The summed E-state index contributed by atoms with van der Waals surface area (Å²) in [6, 6.07) is 14.7. The van der Waals surface area contributed by atoms with Crippen LogP contribution in [0.5, 0.6) is 11.5 Å². The lowest BCUT2D eigenvalue weighted by atomic mass is 9.75. The minimum absolute atomic E-state index is 0.0205. The van der Waals surface area contributed by atoms with E-state index < -0.39 is 34.8 Å². The van der Waals surface area contributed by atoms with E-state index in [0.717, 1.165) is 7.11 Å². The average molecular weight is 623 g/mol. The smallest absolute Gasteiger partial charge is 0.336 e. The molecule has 1 heterocycles. The van der Waals surface area contributed by atoms with Gasteiger partial charge in [-0.2, -0.15) is 5.26 Å². The van der Waals surface area contributed by atoms with Gasteiger partial charge < -0.3 is 29.4 Å². The lowest BCUT2D eigenvalue weighted by Gasteiger charge is -2.30. The fourth-order valence-electron chi connectivity index (χ4n) is 4.69. The van der Waals surface area contributed by atoms with Crippen LogP contribution in [0, 0.1) is 27.4 Å². The van der Waals surface area contributed by atoms with Gasteiger partial charge in [-0.15, -0.1) is 0 Å². The Kier molecular flexibility index (Phi) is 13.0. The fourth-order valence-corrected chi connectivity index (χ4v) is 4.69. The molecular formula is C32H38N4O9. The summed E-state index contributed by atoms with van der Waals surface area (Å²) in [4.78, 5) is 41.1. The Labute approximate surface area is 261 Å². The zero-order valence-corrected chi connectivity index (χ0v) is 25.7. The molecule has 1 aliphatic rings. The van der Waals surface area contributed by atoms with Crippen LogP contribution in [0.25, 0.3) is 0 Å². The van der Waals surface area contributed by atoms with Gasteiger partial charge in [-0.3, -0.25) is 14.9 Å². The largest absolute Gasteiger partial charge is 0.494 e. The minimum atomic E-state index is -1.29. The molecule has 0 fully saturated rings. The number of esters is 2. The molecule has 0 amide bonds. The SMILES string of the molecule is COC(=O)C1C(C#N)=NC(C)=C(C(=O)OCCCCOc2ccc(OCC(O)CNC(C)C)cc2)C1c1cccc([N+](=O)[O-])c1. The maximum absolute atomic E-state index is 13.3. The Morgan fingerprint density at radius 1 is 1.11 bits per heavy atom. The first-order chi connectivity index (χ1) is 21.5. The first-order valence-corrected chi connectivity index (χ1v) is 14.5. The summed E-state index contributed by atoms with van der Waals surface area (Å²) in [5.41, 5.74) is 0.0642. The van der Waals surface area contributed by atoms with Crippen molar-refractivity contribution >= 4 is 23.3 Å². The first-order valence-electron chi connectivity index (χ1n) is 14.5. The van der Waals surface area contributed by atoms with Crippen molar-refractivity contribution in [3.05, 3.63) is 75.5 Å². The molecule has 2 aromatic rings. The van der Waals surface area contributed by atoms with Crippen LogP contribution in [-0.4, -0.2) is 73.3 Å². The van der Waals surface area contributed by atoms with Crippen molar-refractivity contribution in [1.29, 1.82) is 5.26 Å². The third-order valence-electron chi connectivity index (χ3n) is 6.92. The number of aliphatic hydroxyl groups excluding tert-OH is 1. The molecule has 0 saturated heterocycles. The molecule has 2 N–H and O–H groups in total. The molecule has 45 heavy (non-hydrogen) atoms. The zero-order chi connectivity index (χ0) is 32.9. The van der Waals surface area contributed by atoms with Crippen LogP contribution in [0.4, 0.5) is 5.69 Å². The molecular weight excluding hydrogens is 584 g/mol. The number of nitro groups is 1. The van der Waals surface area contributed by atoms with Crippen LogP contribution in [0.1, 0.15) is 45.1 Å². The number of nitrogens with one attached hydrogen (secondary N) is 1. The molecule has 0 radical (unpaired) electrons. The molecule has 3 unspecified atom stereocenters. The van der Waals surface area contributed by atoms with Crippen molar-refractivity contribution in [2.45, 2.75) is 51.7 Å². The highest BCUT2D eigenvalue weighted by molar-refractivity contribution is 6.14. The van der Waals surface area contributed by atoms with E-state index in [1.807, 2.05) is 19.9 Å². The van der Waals surface area contributed by atoms with Crippen molar-refractivity contribution in [1.82, 2.24) is 5.32 Å². The summed E-state index contributed by atoms with van der Waals surface area (Å²) in [7, 11) is 1.15. The van der Waals surface area contributed by atoms with E-state index in [4.69, 9.17) is 18.9 Å². The molecule has 3 rings (SSSR count). The van der Waals surface area contributed by atoms with Gasteiger partial charge in [0.25, 0.3) is 5.69 Å². The number of benzene rings is 2. The highest BCUT2D eigenvalue weighted by atomic mass is 16.6. The summed E-state index contributed by atoms with van der Waals surface area (Å²) in [6.07, 6.45) is 0.406. The van der Waals surface area contributed by atoms with Gasteiger partial charge in [-0.25, -0.2) is 9.79 Å². The van der Waals surface area contributed by atoms with Crippen LogP contribution in [-0.2, 0) is 19.1 Å². The molecule has 13 nitrogen and oxygen atoms in total. The zero-order valence-electron chi connectivity index (χ0n) is 25.7. The van der Waals surface area contributed by atoms with Crippen LogP contribution in [0.3, 0.4) is 0 Å². The van der Waals surface area contributed by atoms with E-state index in [-0.39, 0.29) is 47.5 Å². The molecule has 0 aliphatic carbocycles. The standard InChI is InChI=1S/C32H38N4O9/c1-20(2)34-18-24(37)19-45-26-12-10-25(11-13-26)43-14-5-6-15-44-32(39)28-21(3)35-27(17-33)30(31(38)42-4)29(28)22-8-7-9-23(16-22)36(40)41/h7-13,16,20,24,29-30,34,37H,5-6,14-15,18-19H2,1-4H3. The number of hydrogen-bond donors (Lipinski definition) is 2. The van der Waals surface area contributed by atoms with Gasteiger partial charge >= 0.3 is 11.9 Å². The molecule has 0 bridgehead atoms. The van der Waals surface area contributed by atoms with Gasteiger partial charge in [-0.05, 0) is 49.6 Å². The molecule has 0 spiro atoms. The number of nitrogens with zero attached hydrogens (tertiary/aromatic N) is 3. The lowest BCUT2D eigenvalue weighted by Crippen LogP contribution is -2.36. The second-order valence-corrected chi connectivity index (χ2v) is 10.6. The monoisotopic (exact) mass is 622 g/mol. The molecule has 1 aliphatic heterocycles. The number of allylic oxidation sites excluding steroid dienone is 1. The second kappa shape index (κ2) is 16.9.